The van der Waals surface area contributed by atoms with E-state index in [1.807, 2.05) is 54.6 Å². The van der Waals surface area contributed by atoms with Crippen LogP contribution in [0.1, 0.15) is 6.92 Å². The molecular weight excluding hydrogens is 312 g/mol. The number of carbonyl (C=O) groups excluding carboxylic acids is 1. The Morgan fingerprint density at radius 2 is 1.64 bits per heavy atom. The quantitative estimate of drug-likeness (QED) is 0.646. The lowest BCUT2D eigenvalue weighted by Crippen LogP contribution is -2.38. The van der Waals surface area contributed by atoms with E-state index in [1.165, 1.54) is 10.8 Å². The van der Waals surface area contributed by atoms with Gasteiger partial charge in [0.15, 0.2) is 6.10 Å². The van der Waals surface area contributed by atoms with Crippen LogP contribution in [0.15, 0.2) is 72.8 Å². The van der Waals surface area contributed by atoms with Gasteiger partial charge in [-0.25, -0.2) is 0 Å². The highest BCUT2D eigenvalue weighted by Crippen LogP contribution is 2.22. The molecule has 0 aliphatic carbocycles. The zero-order valence-corrected chi connectivity index (χ0v) is 14.2. The van der Waals surface area contributed by atoms with Crippen LogP contribution in [0.5, 0.6) is 5.75 Å². The third-order valence-corrected chi connectivity index (χ3v) is 3.95. The smallest absolute Gasteiger partial charge is 0.260 e. The van der Waals surface area contributed by atoms with Crippen LogP contribution >= 0.6 is 0 Å². The molecular formula is C21H22N2O2. The van der Waals surface area contributed by atoms with Gasteiger partial charge in [-0.2, -0.15) is 0 Å². The van der Waals surface area contributed by atoms with Crippen LogP contribution in [0.2, 0.25) is 0 Å². The van der Waals surface area contributed by atoms with Gasteiger partial charge < -0.3 is 15.4 Å². The SMILES string of the molecule is CC(Oc1ccccc1)C(=O)NCCNc1cccc2ccccc12. The van der Waals surface area contributed by atoms with Gasteiger partial charge >= 0.3 is 0 Å². The van der Waals surface area contributed by atoms with Crippen LogP contribution in [0.25, 0.3) is 10.8 Å². The second-order valence-corrected chi connectivity index (χ2v) is 5.82. The van der Waals surface area contributed by atoms with Gasteiger partial charge in [-0.1, -0.05) is 54.6 Å². The molecule has 0 bridgehead atoms. The molecule has 3 aromatic rings. The van der Waals surface area contributed by atoms with Crippen molar-refractivity contribution < 1.29 is 9.53 Å². The van der Waals surface area contributed by atoms with Crippen molar-refractivity contribution in [2.24, 2.45) is 0 Å². The summed E-state index contributed by atoms with van der Waals surface area (Å²) in [6.45, 7) is 2.93. The molecule has 4 nitrogen and oxygen atoms in total. The minimum atomic E-state index is -0.528. The second-order valence-electron chi connectivity index (χ2n) is 5.82. The van der Waals surface area contributed by atoms with Gasteiger partial charge in [-0.15, -0.1) is 0 Å². The van der Waals surface area contributed by atoms with E-state index in [1.54, 1.807) is 6.92 Å². The molecule has 0 aliphatic rings. The molecule has 0 fully saturated rings. The Balaban J connectivity index is 1.47. The second kappa shape index (κ2) is 8.20. The summed E-state index contributed by atoms with van der Waals surface area (Å²) in [6, 6.07) is 23.8. The van der Waals surface area contributed by atoms with Crippen LogP contribution in [-0.2, 0) is 4.79 Å². The minimum Gasteiger partial charge on any atom is -0.481 e. The largest absolute Gasteiger partial charge is 0.481 e. The van der Waals surface area contributed by atoms with Gasteiger partial charge in [0, 0.05) is 24.2 Å². The Morgan fingerprint density at radius 1 is 0.920 bits per heavy atom. The fraction of sp³-hybridized carbons (Fsp3) is 0.190. The first kappa shape index (κ1) is 16.8. The number of carbonyl (C=O) groups is 1. The number of amides is 1. The highest BCUT2D eigenvalue weighted by atomic mass is 16.5. The summed E-state index contributed by atoms with van der Waals surface area (Å²) < 4.78 is 5.62. The molecule has 3 aromatic carbocycles. The molecule has 0 heterocycles. The summed E-state index contributed by atoms with van der Waals surface area (Å²) in [5, 5.41) is 8.64. The lowest BCUT2D eigenvalue weighted by molar-refractivity contribution is -0.127. The van der Waals surface area contributed by atoms with Crippen molar-refractivity contribution in [2.45, 2.75) is 13.0 Å². The Hall–Kier alpha value is -3.01. The fourth-order valence-electron chi connectivity index (χ4n) is 2.66. The number of benzene rings is 3. The molecule has 1 atom stereocenters. The topological polar surface area (TPSA) is 50.4 Å². The van der Waals surface area contributed by atoms with Gasteiger partial charge in [-0.05, 0) is 30.5 Å². The van der Waals surface area contributed by atoms with Crippen molar-refractivity contribution in [3.05, 3.63) is 72.8 Å². The lowest BCUT2D eigenvalue weighted by Gasteiger charge is -2.15. The van der Waals surface area contributed by atoms with Crippen molar-refractivity contribution in [3.8, 4) is 5.75 Å². The first-order valence-electron chi connectivity index (χ1n) is 8.45. The van der Waals surface area contributed by atoms with E-state index in [2.05, 4.69) is 28.8 Å². The summed E-state index contributed by atoms with van der Waals surface area (Å²) in [5.74, 6) is 0.572. The third kappa shape index (κ3) is 4.51. The molecule has 1 amide bonds. The van der Waals surface area contributed by atoms with E-state index < -0.39 is 6.10 Å². The van der Waals surface area contributed by atoms with Crippen molar-refractivity contribution in [2.75, 3.05) is 18.4 Å². The third-order valence-electron chi connectivity index (χ3n) is 3.95. The summed E-state index contributed by atoms with van der Waals surface area (Å²) in [7, 11) is 0. The summed E-state index contributed by atoms with van der Waals surface area (Å²) >= 11 is 0. The number of hydrogen-bond donors (Lipinski definition) is 2. The Bertz CT molecular complexity index is 828. The number of rotatable bonds is 7. The molecule has 0 spiro atoms. The van der Waals surface area contributed by atoms with E-state index >= 15 is 0 Å². The van der Waals surface area contributed by atoms with E-state index in [-0.39, 0.29) is 5.91 Å². The average Bonchev–Trinajstić information content (AvgIpc) is 2.66. The molecule has 128 valence electrons. The van der Waals surface area contributed by atoms with Crippen molar-refractivity contribution in [1.29, 1.82) is 0 Å². The molecule has 0 radical (unpaired) electrons. The molecule has 0 aromatic heterocycles. The predicted octanol–water partition coefficient (Wildman–Crippen LogP) is 3.84. The predicted molar refractivity (Wildman–Crippen MR) is 102 cm³/mol. The lowest BCUT2D eigenvalue weighted by atomic mass is 10.1. The Labute approximate surface area is 147 Å². The number of anilines is 1. The van der Waals surface area contributed by atoms with Crippen molar-refractivity contribution in [3.63, 3.8) is 0 Å². The van der Waals surface area contributed by atoms with Crippen LogP contribution in [0.4, 0.5) is 5.69 Å². The Kier molecular flexibility index (Phi) is 5.52. The zero-order chi connectivity index (χ0) is 17.5. The fourth-order valence-corrected chi connectivity index (χ4v) is 2.66. The highest BCUT2D eigenvalue weighted by Gasteiger charge is 2.13. The van der Waals surface area contributed by atoms with Gasteiger partial charge in [0.1, 0.15) is 5.75 Å². The zero-order valence-electron chi connectivity index (χ0n) is 14.2. The molecule has 1 unspecified atom stereocenters. The maximum absolute atomic E-state index is 12.1. The van der Waals surface area contributed by atoms with Crippen LogP contribution < -0.4 is 15.4 Å². The summed E-state index contributed by atoms with van der Waals surface area (Å²) in [5.41, 5.74) is 1.07. The van der Waals surface area contributed by atoms with E-state index in [9.17, 15) is 4.79 Å². The van der Waals surface area contributed by atoms with E-state index in [0.29, 0.717) is 18.8 Å². The maximum atomic E-state index is 12.1. The van der Waals surface area contributed by atoms with Crippen molar-refractivity contribution in [1.82, 2.24) is 5.32 Å². The molecule has 3 rings (SSSR count). The van der Waals surface area contributed by atoms with E-state index in [0.717, 1.165) is 5.69 Å². The minimum absolute atomic E-state index is 0.122. The van der Waals surface area contributed by atoms with Crippen LogP contribution in [0.3, 0.4) is 0 Å². The van der Waals surface area contributed by atoms with E-state index in [4.69, 9.17) is 4.74 Å². The number of hydrogen-bond acceptors (Lipinski definition) is 3. The van der Waals surface area contributed by atoms with Gasteiger partial charge in [0.25, 0.3) is 5.91 Å². The molecule has 0 saturated carbocycles. The number of fused-ring (bicyclic) bond motifs is 1. The maximum Gasteiger partial charge on any atom is 0.260 e. The van der Waals surface area contributed by atoms with Crippen LogP contribution in [-0.4, -0.2) is 25.1 Å². The Morgan fingerprint density at radius 3 is 2.48 bits per heavy atom. The first-order chi connectivity index (χ1) is 12.2. The highest BCUT2D eigenvalue weighted by molar-refractivity contribution is 5.93. The normalized spacial score (nSPS) is 11.7. The molecule has 0 saturated heterocycles. The van der Waals surface area contributed by atoms with Crippen molar-refractivity contribution >= 4 is 22.4 Å². The molecule has 4 heteroatoms. The first-order valence-corrected chi connectivity index (χ1v) is 8.45. The van der Waals surface area contributed by atoms with Gasteiger partial charge in [0.2, 0.25) is 0 Å². The molecule has 2 N–H and O–H groups in total. The number of para-hydroxylation sites is 1. The molecule has 0 aliphatic heterocycles. The standard InChI is InChI=1S/C21H22N2O2/c1-16(25-18-10-3-2-4-11-18)21(24)23-15-14-22-20-13-7-9-17-8-5-6-12-19(17)20/h2-13,16,22H,14-15H2,1H3,(H,23,24). The average molecular weight is 334 g/mol. The monoisotopic (exact) mass is 334 g/mol. The summed E-state index contributed by atoms with van der Waals surface area (Å²) in [4.78, 5) is 12.1. The van der Waals surface area contributed by atoms with Gasteiger partial charge in [0.05, 0.1) is 0 Å². The number of ether oxygens (including phenoxy) is 1. The number of nitrogens with one attached hydrogen (secondary N) is 2. The van der Waals surface area contributed by atoms with Crippen LogP contribution in [0, 0.1) is 0 Å². The summed E-state index contributed by atoms with van der Waals surface area (Å²) in [6.07, 6.45) is -0.528. The molecule has 25 heavy (non-hydrogen) atoms. The van der Waals surface area contributed by atoms with Gasteiger partial charge in [-0.3, -0.25) is 4.79 Å².